The van der Waals surface area contributed by atoms with Crippen LogP contribution in [0.25, 0.3) is 0 Å². The number of rotatable bonds is 4. The summed E-state index contributed by atoms with van der Waals surface area (Å²) in [6.45, 7) is 3.76. The molecule has 22 heavy (non-hydrogen) atoms. The summed E-state index contributed by atoms with van der Waals surface area (Å²) in [7, 11) is 0. The fourth-order valence-corrected chi connectivity index (χ4v) is 3.07. The Labute approximate surface area is 136 Å². The Morgan fingerprint density at radius 2 is 1.95 bits per heavy atom. The maximum Gasteiger partial charge on any atom is 0.234 e. The topological polar surface area (TPSA) is 29.1 Å². The van der Waals surface area contributed by atoms with Gasteiger partial charge in [-0.1, -0.05) is 17.7 Å². The molecular weight excluding hydrogens is 328 g/mol. The second-order valence-electron chi connectivity index (χ2n) is 4.85. The second-order valence-corrected chi connectivity index (χ2v) is 6.27. The summed E-state index contributed by atoms with van der Waals surface area (Å²) in [5.74, 6) is -1.62. The van der Waals surface area contributed by atoms with E-state index < -0.39 is 11.6 Å². The largest absolute Gasteiger partial charge is 0.324 e. The average molecular weight is 342 g/mol. The SMILES string of the molecule is Cc1cc(C)c(NC(=O)CSc2ccc(F)cc2F)c(Cl)c1. The third-order valence-corrected chi connectivity index (χ3v) is 4.30. The summed E-state index contributed by atoms with van der Waals surface area (Å²) < 4.78 is 26.3. The number of benzene rings is 2. The van der Waals surface area contributed by atoms with Crippen LogP contribution in [0.4, 0.5) is 14.5 Å². The van der Waals surface area contributed by atoms with E-state index in [1.165, 1.54) is 6.07 Å². The lowest BCUT2D eigenvalue weighted by molar-refractivity contribution is -0.113. The Hall–Kier alpha value is -1.59. The maximum absolute atomic E-state index is 13.5. The summed E-state index contributed by atoms with van der Waals surface area (Å²) >= 11 is 7.12. The minimum atomic E-state index is -0.678. The minimum Gasteiger partial charge on any atom is -0.324 e. The highest BCUT2D eigenvalue weighted by Crippen LogP contribution is 2.28. The third kappa shape index (κ3) is 4.21. The van der Waals surface area contributed by atoms with Gasteiger partial charge in [-0.2, -0.15) is 0 Å². The van der Waals surface area contributed by atoms with Crippen molar-refractivity contribution in [3.63, 3.8) is 0 Å². The van der Waals surface area contributed by atoms with Crippen LogP contribution in [-0.4, -0.2) is 11.7 Å². The van der Waals surface area contributed by atoms with Crippen LogP contribution >= 0.6 is 23.4 Å². The van der Waals surface area contributed by atoms with Gasteiger partial charge in [0.2, 0.25) is 5.91 Å². The lowest BCUT2D eigenvalue weighted by Crippen LogP contribution is -2.15. The van der Waals surface area contributed by atoms with Gasteiger partial charge >= 0.3 is 0 Å². The first-order valence-electron chi connectivity index (χ1n) is 6.51. The molecule has 0 aliphatic carbocycles. The van der Waals surface area contributed by atoms with Crippen LogP contribution in [0.15, 0.2) is 35.2 Å². The molecule has 0 spiro atoms. The van der Waals surface area contributed by atoms with Gasteiger partial charge in [-0.3, -0.25) is 4.79 Å². The molecule has 0 radical (unpaired) electrons. The predicted octanol–water partition coefficient (Wildman–Crippen LogP) is 4.97. The lowest BCUT2D eigenvalue weighted by atomic mass is 10.1. The van der Waals surface area contributed by atoms with E-state index in [4.69, 9.17) is 11.6 Å². The molecule has 0 unspecified atom stereocenters. The van der Waals surface area contributed by atoms with Crippen molar-refractivity contribution in [1.29, 1.82) is 0 Å². The van der Waals surface area contributed by atoms with E-state index >= 15 is 0 Å². The van der Waals surface area contributed by atoms with E-state index in [9.17, 15) is 13.6 Å². The molecule has 0 aliphatic heterocycles. The van der Waals surface area contributed by atoms with E-state index in [2.05, 4.69) is 5.32 Å². The summed E-state index contributed by atoms with van der Waals surface area (Å²) in [5.41, 5.74) is 2.41. The first kappa shape index (κ1) is 16.8. The quantitative estimate of drug-likeness (QED) is 0.796. The van der Waals surface area contributed by atoms with Crippen LogP contribution < -0.4 is 5.32 Å². The molecule has 0 saturated heterocycles. The van der Waals surface area contributed by atoms with Crippen LogP contribution in [0, 0.1) is 25.5 Å². The highest BCUT2D eigenvalue weighted by Gasteiger charge is 2.11. The van der Waals surface area contributed by atoms with Crippen molar-refractivity contribution in [3.8, 4) is 0 Å². The van der Waals surface area contributed by atoms with Crippen molar-refractivity contribution in [2.24, 2.45) is 0 Å². The molecule has 1 amide bonds. The van der Waals surface area contributed by atoms with Crippen molar-refractivity contribution in [2.75, 3.05) is 11.1 Å². The van der Waals surface area contributed by atoms with Crippen LogP contribution in [-0.2, 0) is 4.79 Å². The summed E-state index contributed by atoms with van der Waals surface area (Å²) in [4.78, 5) is 12.2. The number of hydrogen-bond donors (Lipinski definition) is 1. The van der Waals surface area contributed by atoms with Gasteiger partial charge in [0, 0.05) is 11.0 Å². The number of aryl methyl sites for hydroxylation is 2. The summed E-state index contributed by atoms with van der Waals surface area (Å²) in [6.07, 6.45) is 0. The smallest absolute Gasteiger partial charge is 0.234 e. The Morgan fingerprint density at radius 3 is 2.59 bits per heavy atom. The average Bonchev–Trinajstić information content (AvgIpc) is 2.42. The number of thioether (sulfide) groups is 1. The Balaban J connectivity index is 2.02. The minimum absolute atomic E-state index is 0.00615. The van der Waals surface area contributed by atoms with Crippen LogP contribution in [0.5, 0.6) is 0 Å². The van der Waals surface area contributed by atoms with Crippen molar-refractivity contribution >= 4 is 35.0 Å². The molecule has 116 valence electrons. The Morgan fingerprint density at radius 1 is 1.23 bits per heavy atom. The molecular formula is C16H14ClF2NOS. The zero-order valence-electron chi connectivity index (χ0n) is 12.0. The predicted molar refractivity (Wildman–Crippen MR) is 86.6 cm³/mol. The molecule has 2 aromatic carbocycles. The van der Waals surface area contributed by atoms with Gasteiger partial charge in [-0.15, -0.1) is 11.8 Å². The standard InChI is InChI=1S/C16H14ClF2NOS/c1-9-5-10(2)16(12(17)6-9)20-15(21)8-22-14-4-3-11(18)7-13(14)19/h3-7H,8H2,1-2H3,(H,20,21). The van der Waals surface area contributed by atoms with Crippen LogP contribution in [0.3, 0.4) is 0 Å². The van der Waals surface area contributed by atoms with Gasteiger partial charge < -0.3 is 5.32 Å². The number of hydrogen-bond acceptors (Lipinski definition) is 2. The molecule has 2 nitrogen and oxygen atoms in total. The van der Waals surface area contributed by atoms with E-state index in [1.54, 1.807) is 6.07 Å². The Bertz CT molecular complexity index is 698. The molecule has 2 aromatic rings. The summed E-state index contributed by atoms with van der Waals surface area (Å²) in [6, 6.07) is 6.93. The van der Waals surface area contributed by atoms with Gasteiger partial charge in [-0.05, 0) is 43.2 Å². The van der Waals surface area contributed by atoms with Crippen molar-refractivity contribution in [1.82, 2.24) is 0 Å². The normalized spacial score (nSPS) is 10.6. The number of amides is 1. The Kier molecular flexibility index (Phi) is 5.42. The van der Waals surface area contributed by atoms with Gasteiger partial charge in [0.25, 0.3) is 0 Å². The molecule has 0 saturated carbocycles. The first-order valence-corrected chi connectivity index (χ1v) is 7.87. The fourth-order valence-electron chi connectivity index (χ4n) is 1.99. The molecule has 0 aliphatic rings. The molecule has 0 fully saturated rings. The van der Waals surface area contributed by atoms with Crippen molar-refractivity contribution in [2.45, 2.75) is 18.7 Å². The maximum atomic E-state index is 13.5. The summed E-state index contributed by atoms with van der Waals surface area (Å²) in [5, 5.41) is 3.18. The van der Waals surface area contributed by atoms with Crippen LogP contribution in [0.2, 0.25) is 5.02 Å². The van der Waals surface area contributed by atoms with Crippen molar-refractivity contribution in [3.05, 3.63) is 58.1 Å². The van der Waals surface area contributed by atoms with E-state index in [1.807, 2.05) is 19.9 Å². The third-order valence-electron chi connectivity index (χ3n) is 2.95. The highest BCUT2D eigenvalue weighted by molar-refractivity contribution is 8.00. The zero-order chi connectivity index (χ0) is 16.3. The number of carbonyl (C=O) groups is 1. The van der Waals surface area contributed by atoms with Gasteiger partial charge in [0.05, 0.1) is 16.5 Å². The second kappa shape index (κ2) is 7.11. The van der Waals surface area contributed by atoms with Crippen LogP contribution in [0.1, 0.15) is 11.1 Å². The number of nitrogens with one attached hydrogen (secondary N) is 1. The highest BCUT2D eigenvalue weighted by atomic mass is 35.5. The number of anilines is 1. The molecule has 0 bridgehead atoms. The number of halogens is 3. The molecule has 0 atom stereocenters. The fraction of sp³-hybridized carbons (Fsp3) is 0.188. The van der Waals surface area contributed by atoms with Gasteiger partial charge in [0.15, 0.2) is 0 Å². The lowest BCUT2D eigenvalue weighted by Gasteiger charge is -2.11. The van der Waals surface area contributed by atoms with Gasteiger partial charge in [-0.25, -0.2) is 8.78 Å². The molecule has 1 N–H and O–H groups in total. The van der Waals surface area contributed by atoms with E-state index in [-0.39, 0.29) is 16.6 Å². The van der Waals surface area contributed by atoms with E-state index in [0.717, 1.165) is 35.0 Å². The molecule has 2 rings (SSSR count). The van der Waals surface area contributed by atoms with Gasteiger partial charge in [0.1, 0.15) is 11.6 Å². The van der Waals surface area contributed by atoms with E-state index in [0.29, 0.717) is 10.7 Å². The molecule has 6 heteroatoms. The van der Waals surface area contributed by atoms with Crippen molar-refractivity contribution < 1.29 is 13.6 Å². The zero-order valence-corrected chi connectivity index (χ0v) is 13.6. The first-order chi connectivity index (χ1) is 10.4. The molecule has 0 aromatic heterocycles. The molecule has 0 heterocycles. The monoisotopic (exact) mass is 341 g/mol. The number of carbonyl (C=O) groups excluding carboxylic acids is 1.